The summed E-state index contributed by atoms with van der Waals surface area (Å²) in [4.78, 5) is 17.7. The quantitative estimate of drug-likeness (QED) is 0.749. The summed E-state index contributed by atoms with van der Waals surface area (Å²) in [6, 6.07) is -0.581. The van der Waals surface area contributed by atoms with Crippen LogP contribution in [-0.4, -0.2) is 68.8 Å². The Morgan fingerprint density at radius 1 is 1.41 bits per heavy atom. The van der Waals surface area contributed by atoms with Gasteiger partial charge in [-0.1, -0.05) is 18.7 Å². The molecule has 0 aromatic rings. The van der Waals surface area contributed by atoms with Crippen molar-refractivity contribution in [3.63, 3.8) is 0 Å². The Balaban J connectivity index is 2.08. The van der Waals surface area contributed by atoms with Gasteiger partial charge in [0.1, 0.15) is 29.3 Å². The van der Waals surface area contributed by atoms with Gasteiger partial charge in [-0.15, -0.1) is 0 Å². The fourth-order valence-corrected chi connectivity index (χ4v) is 3.51. The van der Waals surface area contributed by atoms with Crippen LogP contribution in [0.25, 0.3) is 0 Å². The summed E-state index contributed by atoms with van der Waals surface area (Å²) in [7, 11) is 1.57. The van der Waals surface area contributed by atoms with Crippen LogP contribution in [0.2, 0.25) is 0 Å². The Labute approximate surface area is 134 Å². The molecule has 22 heavy (non-hydrogen) atoms. The number of fused-ring (bicyclic) bond motifs is 1. The minimum absolute atomic E-state index is 0.400. The molecule has 5 atom stereocenters. The van der Waals surface area contributed by atoms with Gasteiger partial charge in [-0.25, -0.2) is 4.79 Å². The van der Waals surface area contributed by atoms with Crippen LogP contribution in [0.4, 0.5) is 4.79 Å². The molecule has 0 saturated carbocycles. The molecule has 2 heterocycles. The SMILES string of the molecule is CC[C@H]1O[C@@H]2SC(N(C)C(=O)OC(C)(C)C)=N[C@@H]2[C@@H](O)[C@@H]1O. The van der Waals surface area contributed by atoms with E-state index in [0.717, 1.165) is 0 Å². The van der Waals surface area contributed by atoms with E-state index in [1.165, 1.54) is 16.7 Å². The van der Waals surface area contributed by atoms with Crippen LogP contribution in [0.1, 0.15) is 34.1 Å². The van der Waals surface area contributed by atoms with E-state index in [4.69, 9.17) is 9.47 Å². The van der Waals surface area contributed by atoms with Crippen LogP contribution in [0, 0.1) is 0 Å². The average molecular weight is 332 g/mol. The lowest BCUT2D eigenvalue weighted by molar-refractivity contribution is -0.153. The summed E-state index contributed by atoms with van der Waals surface area (Å²) in [5.74, 6) is 0. The Morgan fingerprint density at radius 3 is 2.59 bits per heavy atom. The number of hydrogen-bond donors (Lipinski definition) is 2. The zero-order valence-corrected chi connectivity index (χ0v) is 14.3. The first kappa shape index (κ1) is 17.5. The number of aliphatic hydroxyl groups is 2. The van der Waals surface area contributed by atoms with Crippen LogP contribution in [0.3, 0.4) is 0 Å². The van der Waals surface area contributed by atoms with Crippen molar-refractivity contribution in [2.45, 2.75) is 69.5 Å². The first-order valence-corrected chi connectivity index (χ1v) is 8.24. The number of amidine groups is 1. The van der Waals surface area contributed by atoms with Crippen LogP contribution >= 0.6 is 11.8 Å². The number of hydrogen-bond acceptors (Lipinski definition) is 7. The Morgan fingerprint density at radius 2 is 2.05 bits per heavy atom. The van der Waals surface area contributed by atoms with Gasteiger partial charge >= 0.3 is 6.09 Å². The van der Waals surface area contributed by atoms with Gasteiger partial charge in [0.05, 0.1) is 6.10 Å². The second-order valence-electron chi connectivity index (χ2n) is 6.49. The zero-order chi connectivity index (χ0) is 16.7. The van der Waals surface area contributed by atoms with Crippen molar-refractivity contribution < 1.29 is 24.5 Å². The molecule has 1 amide bonds. The fourth-order valence-electron chi connectivity index (χ4n) is 2.32. The highest BCUT2D eigenvalue weighted by Gasteiger charge is 2.48. The Bertz CT molecular complexity index is 465. The smallest absolute Gasteiger partial charge is 0.416 e. The van der Waals surface area contributed by atoms with E-state index in [-0.39, 0.29) is 0 Å². The third-order valence-corrected chi connectivity index (χ3v) is 4.72. The number of amides is 1. The molecule has 7 nitrogen and oxygen atoms in total. The summed E-state index contributed by atoms with van der Waals surface area (Å²) in [6.07, 6.45) is -2.31. The molecule has 8 heteroatoms. The van der Waals surface area contributed by atoms with E-state index in [1.807, 2.05) is 6.92 Å². The number of carbonyl (C=O) groups is 1. The predicted molar refractivity (Wildman–Crippen MR) is 83.8 cm³/mol. The molecular formula is C14H24N2O5S. The van der Waals surface area contributed by atoms with E-state index in [9.17, 15) is 15.0 Å². The second kappa shape index (κ2) is 6.35. The van der Waals surface area contributed by atoms with Crippen molar-refractivity contribution in [3.8, 4) is 0 Å². The van der Waals surface area contributed by atoms with E-state index < -0.39 is 41.5 Å². The second-order valence-corrected chi connectivity index (χ2v) is 7.56. The largest absolute Gasteiger partial charge is 0.443 e. The number of nitrogens with zero attached hydrogens (tertiary/aromatic N) is 2. The van der Waals surface area contributed by atoms with E-state index >= 15 is 0 Å². The molecule has 0 aromatic heterocycles. The molecule has 1 fully saturated rings. The molecule has 126 valence electrons. The van der Waals surface area contributed by atoms with Gasteiger partial charge in [-0.05, 0) is 27.2 Å². The highest BCUT2D eigenvalue weighted by Crippen LogP contribution is 2.38. The minimum Gasteiger partial charge on any atom is -0.443 e. The molecule has 0 bridgehead atoms. The van der Waals surface area contributed by atoms with Gasteiger partial charge in [-0.2, -0.15) is 0 Å². The molecule has 1 saturated heterocycles. The lowest BCUT2D eigenvalue weighted by Crippen LogP contribution is -2.54. The number of rotatable bonds is 1. The maximum absolute atomic E-state index is 12.1. The molecular weight excluding hydrogens is 308 g/mol. The maximum Gasteiger partial charge on any atom is 0.416 e. The first-order chi connectivity index (χ1) is 10.1. The van der Waals surface area contributed by atoms with Gasteiger partial charge in [0, 0.05) is 7.05 Å². The molecule has 2 N–H and O–H groups in total. The van der Waals surface area contributed by atoms with Gasteiger partial charge in [-0.3, -0.25) is 9.89 Å². The van der Waals surface area contributed by atoms with E-state index in [2.05, 4.69) is 4.99 Å². The predicted octanol–water partition coefficient (Wildman–Crippen LogP) is 1.18. The Kier molecular flexibility index (Phi) is 5.06. The lowest BCUT2D eigenvalue weighted by Gasteiger charge is -2.37. The fraction of sp³-hybridized carbons (Fsp3) is 0.857. The van der Waals surface area contributed by atoms with Crippen molar-refractivity contribution in [1.82, 2.24) is 4.90 Å². The van der Waals surface area contributed by atoms with Crippen molar-refractivity contribution in [2.24, 2.45) is 4.99 Å². The van der Waals surface area contributed by atoms with Crippen LogP contribution in [0.5, 0.6) is 0 Å². The van der Waals surface area contributed by atoms with Crippen molar-refractivity contribution in [3.05, 3.63) is 0 Å². The van der Waals surface area contributed by atoms with Crippen LogP contribution in [0.15, 0.2) is 4.99 Å². The third kappa shape index (κ3) is 3.56. The number of carbonyl (C=O) groups excluding carboxylic acids is 1. The molecule has 2 aliphatic heterocycles. The standard InChI is InChI=1S/C14H24N2O5S/c1-6-7-9(17)10(18)8-11(20-7)22-12(15-8)16(5)13(19)21-14(2,3)4/h7-11,17-18H,6H2,1-5H3/t7-,8-,9-,10-,11-/m1/s1. The van der Waals surface area contributed by atoms with Crippen molar-refractivity contribution >= 4 is 23.0 Å². The normalized spacial score (nSPS) is 34.9. The number of aliphatic hydroxyl groups excluding tert-OH is 2. The topological polar surface area (TPSA) is 91.6 Å². The highest BCUT2D eigenvalue weighted by molar-refractivity contribution is 8.14. The number of thioether (sulfide) groups is 1. The molecule has 0 aliphatic carbocycles. The van der Waals surface area contributed by atoms with Gasteiger partial charge in [0.25, 0.3) is 0 Å². The van der Waals surface area contributed by atoms with Crippen molar-refractivity contribution in [1.29, 1.82) is 0 Å². The van der Waals surface area contributed by atoms with E-state index in [0.29, 0.717) is 11.6 Å². The molecule has 2 rings (SSSR count). The molecule has 0 spiro atoms. The third-order valence-electron chi connectivity index (χ3n) is 3.51. The zero-order valence-electron chi connectivity index (χ0n) is 13.5. The lowest BCUT2D eigenvalue weighted by atomic mass is 9.97. The molecule has 0 unspecified atom stereocenters. The minimum atomic E-state index is -0.999. The molecule has 2 aliphatic rings. The van der Waals surface area contributed by atoms with Gasteiger partial charge in [0.15, 0.2) is 5.17 Å². The van der Waals surface area contributed by atoms with Crippen LogP contribution < -0.4 is 0 Å². The Hall–Kier alpha value is -0.830. The van der Waals surface area contributed by atoms with Crippen molar-refractivity contribution in [2.75, 3.05) is 7.05 Å². The van der Waals surface area contributed by atoms with Gasteiger partial charge in [0.2, 0.25) is 0 Å². The van der Waals surface area contributed by atoms with Gasteiger partial charge < -0.3 is 19.7 Å². The summed E-state index contributed by atoms with van der Waals surface area (Å²) in [5, 5.41) is 20.6. The summed E-state index contributed by atoms with van der Waals surface area (Å²) in [6.45, 7) is 7.25. The highest BCUT2D eigenvalue weighted by atomic mass is 32.2. The first-order valence-electron chi connectivity index (χ1n) is 7.36. The summed E-state index contributed by atoms with van der Waals surface area (Å²) >= 11 is 1.26. The summed E-state index contributed by atoms with van der Waals surface area (Å²) < 4.78 is 11.1. The summed E-state index contributed by atoms with van der Waals surface area (Å²) in [5.41, 5.74) is -0.996. The molecule has 0 radical (unpaired) electrons. The van der Waals surface area contributed by atoms with E-state index in [1.54, 1.807) is 27.8 Å². The number of aliphatic imine (C=N–C) groups is 1. The average Bonchev–Trinajstić information content (AvgIpc) is 2.84. The maximum atomic E-state index is 12.1. The molecule has 0 aromatic carbocycles. The monoisotopic (exact) mass is 332 g/mol. The number of ether oxygens (including phenoxy) is 2. The van der Waals surface area contributed by atoms with Crippen LogP contribution in [-0.2, 0) is 9.47 Å².